The normalized spacial score (nSPS) is 14.2. The van der Waals surface area contributed by atoms with Crippen LogP contribution in [0.5, 0.6) is 0 Å². The van der Waals surface area contributed by atoms with E-state index in [0.29, 0.717) is 42.1 Å². The van der Waals surface area contributed by atoms with E-state index in [0.717, 1.165) is 60.0 Å². The SMILES string of the molecule is COCC(COC)Nc1c(C(N)=O)ccc(N2CCN(C)CC2)c1-c1n[nH]c2ccc(Cc3cc(F)cc(F)c3)cc12. The summed E-state index contributed by atoms with van der Waals surface area (Å²) in [5, 5.41) is 12.1. The molecule has 0 bridgehead atoms. The van der Waals surface area contributed by atoms with Gasteiger partial charge in [-0.2, -0.15) is 5.10 Å². The molecule has 1 saturated heterocycles. The minimum Gasteiger partial charge on any atom is -0.382 e. The summed E-state index contributed by atoms with van der Waals surface area (Å²) in [4.78, 5) is 17.3. The van der Waals surface area contributed by atoms with Crippen molar-refractivity contribution < 1.29 is 23.0 Å². The highest BCUT2D eigenvalue weighted by Gasteiger charge is 2.27. The maximum absolute atomic E-state index is 13.9. The number of hydrogen-bond acceptors (Lipinski definition) is 7. The lowest BCUT2D eigenvalue weighted by Gasteiger charge is -2.36. The number of nitrogens with two attached hydrogens (primary N) is 1. The summed E-state index contributed by atoms with van der Waals surface area (Å²) in [6.45, 7) is 4.00. The van der Waals surface area contributed by atoms with E-state index in [-0.39, 0.29) is 6.04 Å². The van der Waals surface area contributed by atoms with Gasteiger partial charge in [0.05, 0.1) is 41.6 Å². The van der Waals surface area contributed by atoms with Gasteiger partial charge < -0.3 is 30.3 Å². The second-order valence-corrected chi connectivity index (χ2v) is 10.7. The fourth-order valence-corrected chi connectivity index (χ4v) is 5.55. The topological polar surface area (TPSA) is 109 Å². The van der Waals surface area contributed by atoms with Gasteiger partial charge in [0.25, 0.3) is 5.91 Å². The zero-order valence-electron chi connectivity index (χ0n) is 24.0. The average molecular weight is 579 g/mol. The van der Waals surface area contributed by atoms with Gasteiger partial charge in [-0.25, -0.2) is 8.78 Å². The van der Waals surface area contributed by atoms with Crippen molar-refractivity contribution >= 4 is 28.2 Å². The van der Waals surface area contributed by atoms with Crippen LogP contribution in [0.2, 0.25) is 0 Å². The third-order valence-corrected chi connectivity index (χ3v) is 7.57. The van der Waals surface area contributed by atoms with E-state index in [1.165, 1.54) is 12.1 Å². The van der Waals surface area contributed by atoms with E-state index in [1.807, 2.05) is 24.3 Å². The number of H-pyrrole nitrogens is 1. The van der Waals surface area contributed by atoms with Crippen molar-refractivity contribution in [3.63, 3.8) is 0 Å². The second kappa shape index (κ2) is 12.8. The van der Waals surface area contributed by atoms with Gasteiger partial charge in [0, 0.05) is 57.5 Å². The molecule has 9 nitrogen and oxygen atoms in total. The molecule has 3 aromatic carbocycles. The first-order chi connectivity index (χ1) is 20.3. The number of methoxy groups -OCH3 is 2. The second-order valence-electron chi connectivity index (χ2n) is 10.7. The molecular weight excluding hydrogens is 542 g/mol. The van der Waals surface area contributed by atoms with Crippen LogP contribution in [0.25, 0.3) is 22.2 Å². The number of aromatic amines is 1. The Labute approximate surface area is 243 Å². The molecule has 42 heavy (non-hydrogen) atoms. The number of halogens is 2. The molecule has 1 amide bonds. The van der Waals surface area contributed by atoms with Crippen LogP contribution in [0.1, 0.15) is 21.5 Å². The van der Waals surface area contributed by atoms with E-state index in [2.05, 4.69) is 27.3 Å². The number of likely N-dealkylation sites (N-methyl/N-ethyl adjacent to an activating group) is 1. The molecule has 0 aliphatic carbocycles. The summed E-state index contributed by atoms with van der Waals surface area (Å²) >= 11 is 0. The van der Waals surface area contributed by atoms with Crippen molar-refractivity contribution in [3.05, 3.63) is 76.9 Å². The van der Waals surface area contributed by atoms with Crippen molar-refractivity contribution in [2.45, 2.75) is 12.5 Å². The molecule has 0 spiro atoms. The van der Waals surface area contributed by atoms with Crippen molar-refractivity contribution in [2.24, 2.45) is 5.73 Å². The maximum Gasteiger partial charge on any atom is 0.250 e. The van der Waals surface area contributed by atoms with Crippen LogP contribution < -0.4 is 16.0 Å². The molecule has 0 unspecified atom stereocenters. The van der Waals surface area contributed by atoms with Crippen LogP contribution in [0, 0.1) is 11.6 Å². The average Bonchev–Trinajstić information content (AvgIpc) is 3.36. The van der Waals surface area contributed by atoms with Gasteiger partial charge in [-0.1, -0.05) is 6.07 Å². The summed E-state index contributed by atoms with van der Waals surface area (Å²) in [5.41, 5.74) is 11.2. The van der Waals surface area contributed by atoms with Gasteiger partial charge in [0.2, 0.25) is 0 Å². The summed E-state index contributed by atoms with van der Waals surface area (Å²) in [5.74, 6) is -1.81. The molecule has 222 valence electrons. The predicted octanol–water partition coefficient (Wildman–Crippen LogP) is 4.02. The largest absolute Gasteiger partial charge is 0.382 e. The van der Waals surface area contributed by atoms with Crippen molar-refractivity contribution in [1.29, 1.82) is 0 Å². The van der Waals surface area contributed by atoms with Gasteiger partial charge in [0.15, 0.2) is 0 Å². The molecule has 4 N–H and O–H groups in total. The van der Waals surface area contributed by atoms with E-state index in [1.54, 1.807) is 20.3 Å². The van der Waals surface area contributed by atoms with Gasteiger partial charge in [-0.3, -0.25) is 9.89 Å². The molecule has 0 radical (unpaired) electrons. The number of nitrogens with one attached hydrogen (secondary N) is 2. The zero-order valence-corrected chi connectivity index (χ0v) is 24.0. The van der Waals surface area contributed by atoms with Crippen LogP contribution in [-0.2, 0) is 15.9 Å². The number of rotatable bonds is 11. The Balaban J connectivity index is 1.68. The van der Waals surface area contributed by atoms with E-state index in [9.17, 15) is 13.6 Å². The number of benzene rings is 3. The first-order valence-electron chi connectivity index (χ1n) is 13.8. The zero-order chi connectivity index (χ0) is 29.8. The summed E-state index contributed by atoms with van der Waals surface area (Å²) in [6, 6.07) is 12.7. The number of piperazine rings is 1. The van der Waals surface area contributed by atoms with Crippen LogP contribution >= 0.6 is 0 Å². The fraction of sp³-hybridized carbons (Fsp3) is 0.355. The predicted molar refractivity (Wildman–Crippen MR) is 160 cm³/mol. The molecule has 1 fully saturated rings. The molecule has 0 atom stereocenters. The monoisotopic (exact) mass is 578 g/mol. The molecule has 1 aliphatic heterocycles. The fourth-order valence-electron chi connectivity index (χ4n) is 5.55. The number of fused-ring (bicyclic) bond motifs is 1. The van der Waals surface area contributed by atoms with Crippen molar-refractivity contribution in [1.82, 2.24) is 15.1 Å². The lowest BCUT2D eigenvalue weighted by Crippen LogP contribution is -2.44. The molecule has 11 heteroatoms. The Kier molecular flexibility index (Phi) is 9.00. The van der Waals surface area contributed by atoms with Crippen LogP contribution in [0.3, 0.4) is 0 Å². The lowest BCUT2D eigenvalue weighted by molar-refractivity contribution is 0.1000. The number of anilines is 2. The Hall–Kier alpha value is -4.06. The van der Waals surface area contributed by atoms with E-state index < -0.39 is 17.5 Å². The smallest absolute Gasteiger partial charge is 0.250 e. The van der Waals surface area contributed by atoms with Crippen molar-refractivity contribution in [3.8, 4) is 11.3 Å². The Bertz CT molecular complexity index is 1540. The van der Waals surface area contributed by atoms with Crippen molar-refractivity contribution in [2.75, 3.05) is 70.9 Å². The first kappa shape index (κ1) is 29.4. The van der Waals surface area contributed by atoms with Crippen LogP contribution in [0.15, 0.2) is 48.5 Å². The minimum absolute atomic E-state index is 0.275. The third kappa shape index (κ3) is 6.38. The molecule has 0 saturated carbocycles. The maximum atomic E-state index is 13.9. The van der Waals surface area contributed by atoms with Gasteiger partial charge >= 0.3 is 0 Å². The van der Waals surface area contributed by atoms with E-state index in [4.69, 9.17) is 20.3 Å². The van der Waals surface area contributed by atoms with Crippen LogP contribution in [-0.4, -0.2) is 87.7 Å². The number of amides is 1. The third-order valence-electron chi connectivity index (χ3n) is 7.57. The highest BCUT2D eigenvalue weighted by atomic mass is 19.1. The van der Waals surface area contributed by atoms with Gasteiger partial charge in [0.1, 0.15) is 17.3 Å². The molecule has 4 aromatic rings. The number of primary amides is 1. The first-order valence-corrected chi connectivity index (χ1v) is 13.8. The minimum atomic E-state index is -0.618. The summed E-state index contributed by atoms with van der Waals surface area (Å²) in [7, 11) is 5.30. The number of aromatic nitrogens is 2. The quantitative estimate of drug-likeness (QED) is 0.247. The molecule has 5 rings (SSSR count). The van der Waals surface area contributed by atoms with E-state index >= 15 is 0 Å². The molecule has 2 heterocycles. The standard InChI is InChI=1S/C31H36F2N6O3/c1-38-8-10-39(11-9-38)27-7-5-24(31(34)40)29(35-23(17-41-2)18-42-3)28(27)30-25-15-19(4-6-26(25)36-37-30)12-20-13-21(32)16-22(33)14-20/h4-7,13-16,23,35H,8-12,17-18H2,1-3H3,(H2,34,40)(H,36,37). The molecule has 1 aliphatic rings. The number of carbonyl (C=O) groups excluding carboxylic acids is 1. The number of ether oxygens (including phenoxy) is 2. The summed E-state index contributed by atoms with van der Waals surface area (Å²) in [6.07, 6.45) is 0.330. The Morgan fingerprint density at radius 1 is 1.00 bits per heavy atom. The molecule has 1 aromatic heterocycles. The summed E-state index contributed by atoms with van der Waals surface area (Å²) < 4.78 is 38.7. The Morgan fingerprint density at radius 2 is 1.69 bits per heavy atom. The van der Waals surface area contributed by atoms with Gasteiger partial charge in [-0.15, -0.1) is 0 Å². The van der Waals surface area contributed by atoms with Crippen LogP contribution in [0.4, 0.5) is 20.2 Å². The number of nitrogens with zero attached hydrogens (tertiary/aromatic N) is 3. The number of hydrogen-bond donors (Lipinski definition) is 3. The van der Waals surface area contributed by atoms with Gasteiger partial charge in [-0.05, 0) is 61.0 Å². The highest BCUT2D eigenvalue weighted by Crippen LogP contribution is 2.42. The highest BCUT2D eigenvalue weighted by molar-refractivity contribution is 6.08. The number of carbonyl (C=O) groups is 1. The molecular formula is C31H36F2N6O3. The Morgan fingerprint density at radius 3 is 2.33 bits per heavy atom. The lowest BCUT2D eigenvalue weighted by atomic mass is 9.96.